The van der Waals surface area contributed by atoms with Crippen molar-refractivity contribution in [2.75, 3.05) is 4.90 Å². The molecular weight excluding hydrogens is 655 g/mol. The van der Waals surface area contributed by atoms with Gasteiger partial charge in [-0.1, -0.05) is 146 Å². The number of benzene rings is 10. The lowest BCUT2D eigenvalue weighted by Crippen LogP contribution is -2.09. The van der Waals surface area contributed by atoms with Gasteiger partial charge in [0.15, 0.2) is 0 Å². The molecule has 11 rings (SSSR count). The van der Waals surface area contributed by atoms with Crippen LogP contribution < -0.4 is 4.90 Å². The average molecular weight is 688 g/mol. The minimum absolute atomic E-state index is 0.869. The van der Waals surface area contributed by atoms with Gasteiger partial charge < -0.3 is 9.32 Å². The van der Waals surface area contributed by atoms with E-state index < -0.39 is 0 Å². The average Bonchev–Trinajstić information content (AvgIpc) is 3.60. The van der Waals surface area contributed by atoms with Crippen LogP contribution in [0.15, 0.2) is 205 Å². The fourth-order valence-corrected chi connectivity index (χ4v) is 8.43. The zero-order valence-electron chi connectivity index (χ0n) is 29.4. The zero-order valence-corrected chi connectivity index (χ0v) is 29.4. The highest BCUT2D eigenvalue weighted by Gasteiger charge is 2.21. The van der Waals surface area contributed by atoms with Gasteiger partial charge in [0.2, 0.25) is 0 Å². The van der Waals surface area contributed by atoms with E-state index in [9.17, 15) is 0 Å². The second kappa shape index (κ2) is 12.2. The second-order valence-electron chi connectivity index (χ2n) is 14.1. The minimum Gasteiger partial charge on any atom is -0.455 e. The summed E-state index contributed by atoms with van der Waals surface area (Å²) in [6.45, 7) is 0. The molecule has 11 aromatic rings. The Morgan fingerprint density at radius 2 is 0.889 bits per heavy atom. The van der Waals surface area contributed by atoms with Gasteiger partial charge in [0.25, 0.3) is 0 Å². The van der Waals surface area contributed by atoms with Gasteiger partial charge in [0.05, 0.1) is 0 Å². The second-order valence-corrected chi connectivity index (χ2v) is 14.1. The van der Waals surface area contributed by atoms with Gasteiger partial charge in [0, 0.05) is 33.4 Å². The molecule has 0 radical (unpaired) electrons. The predicted molar refractivity (Wildman–Crippen MR) is 229 cm³/mol. The van der Waals surface area contributed by atoms with E-state index in [1.165, 1.54) is 59.8 Å². The van der Waals surface area contributed by atoms with Crippen molar-refractivity contribution in [3.05, 3.63) is 200 Å². The molecule has 0 spiro atoms. The first kappa shape index (κ1) is 30.5. The molecule has 0 atom stereocenters. The number of furan rings is 1. The Hall–Kier alpha value is -7.16. The molecule has 0 amide bonds. The summed E-state index contributed by atoms with van der Waals surface area (Å²) in [6.07, 6.45) is 0. The van der Waals surface area contributed by atoms with Crippen LogP contribution in [0.1, 0.15) is 0 Å². The summed E-state index contributed by atoms with van der Waals surface area (Å²) in [5, 5.41) is 11.9. The lowest BCUT2D eigenvalue weighted by atomic mass is 9.89. The number of nitrogens with zero attached hydrogens (tertiary/aromatic N) is 1. The highest BCUT2D eigenvalue weighted by molar-refractivity contribution is 6.23. The van der Waals surface area contributed by atoms with E-state index in [2.05, 4.69) is 205 Å². The van der Waals surface area contributed by atoms with Crippen LogP contribution in [0.25, 0.3) is 87.3 Å². The fourth-order valence-electron chi connectivity index (χ4n) is 8.43. The molecule has 252 valence electrons. The van der Waals surface area contributed by atoms with Crippen molar-refractivity contribution in [1.29, 1.82) is 0 Å². The Bertz CT molecular complexity index is 3210. The van der Waals surface area contributed by atoms with Crippen LogP contribution in [0, 0.1) is 0 Å². The standard InChI is InChI=1S/C52H33NO/c1-2-12-34(13-3-1)36-22-25-40(26-23-36)53(41-27-24-35-14-4-5-15-37(35)30-41)42-28-29-50-47(33-42)49-32-39-17-7-9-19-44(39)51(52(49)54-50)48-31-38-16-6-8-18-43(38)45-20-10-11-21-46(45)48/h1-33H. The van der Waals surface area contributed by atoms with Crippen molar-refractivity contribution < 1.29 is 4.42 Å². The molecule has 0 saturated heterocycles. The van der Waals surface area contributed by atoms with Gasteiger partial charge in [-0.25, -0.2) is 0 Å². The van der Waals surface area contributed by atoms with E-state index in [0.29, 0.717) is 0 Å². The summed E-state index contributed by atoms with van der Waals surface area (Å²) in [4.78, 5) is 2.36. The van der Waals surface area contributed by atoms with Crippen LogP contribution in [0.5, 0.6) is 0 Å². The molecule has 0 unspecified atom stereocenters. The molecule has 0 aliphatic rings. The molecule has 0 fully saturated rings. The quantitative estimate of drug-likeness (QED) is 0.168. The van der Waals surface area contributed by atoms with Crippen LogP contribution in [0.3, 0.4) is 0 Å². The van der Waals surface area contributed by atoms with E-state index in [1.807, 2.05) is 0 Å². The van der Waals surface area contributed by atoms with Crippen LogP contribution in [0.4, 0.5) is 17.1 Å². The third-order valence-corrected chi connectivity index (χ3v) is 11.0. The first-order valence-electron chi connectivity index (χ1n) is 18.5. The Balaban J connectivity index is 1.15. The van der Waals surface area contributed by atoms with Crippen LogP contribution in [0.2, 0.25) is 0 Å². The molecular formula is C52H33NO. The lowest BCUT2D eigenvalue weighted by molar-refractivity contribution is 0.670. The highest BCUT2D eigenvalue weighted by Crippen LogP contribution is 2.46. The summed E-state index contributed by atoms with van der Waals surface area (Å²) >= 11 is 0. The van der Waals surface area contributed by atoms with Crippen LogP contribution in [-0.2, 0) is 0 Å². The molecule has 54 heavy (non-hydrogen) atoms. The number of rotatable bonds is 5. The smallest absolute Gasteiger partial charge is 0.143 e. The van der Waals surface area contributed by atoms with Gasteiger partial charge in [-0.2, -0.15) is 0 Å². The Kier molecular flexibility index (Phi) is 6.90. The lowest BCUT2D eigenvalue weighted by Gasteiger charge is -2.26. The number of hydrogen-bond acceptors (Lipinski definition) is 2. The highest BCUT2D eigenvalue weighted by atomic mass is 16.3. The molecule has 0 aliphatic carbocycles. The van der Waals surface area contributed by atoms with Crippen molar-refractivity contribution in [2.24, 2.45) is 0 Å². The Labute approximate surface area is 312 Å². The predicted octanol–water partition coefficient (Wildman–Crippen LogP) is 15.0. The van der Waals surface area contributed by atoms with Crippen LogP contribution in [-0.4, -0.2) is 0 Å². The summed E-state index contributed by atoms with van der Waals surface area (Å²) in [7, 11) is 0. The van der Waals surface area contributed by atoms with Gasteiger partial charge in [0.1, 0.15) is 11.2 Å². The topological polar surface area (TPSA) is 16.4 Å². The van der Waals surface area contributed by atoms with Crippen molar-refractivity contribution in [3.8, 4) is 22.3 Å². The summed E-state index contributed by atoms with van der Waals surface area (Å²) < 4.78 is 6.96. The number of anilines is 3. The molecule has 1 aromatic heterocycles. The molecule has 0 aliphatic heterocycles. The van der Waals surface area contributed by atoms with Gasteiger partial charge >= 0.3 is 0 Å². The first-order valence-corrected chi connectivity index (χ1v) is 18.5. The zero-order chi connectivity index (χ0) is 35.6. The summed E-state index contributed by atoms with van der Waals surface area (Å²) in [5.74, 6) is 0. The summed E-state index contributed by atoms with van der Waals surface area (Å²) in [6, 6.07) is 72.2. The van der Waals surface area contributed by atoms with Crippen molar-refractivity contribution in [1.82, 2.24) is 0 Å². The Morgan fingerprint density at radius 3 is 1.69 bits per heavy atom. The third kappa shape index (κ3) is 4.88. The fraction of sp³-hybridized carbons (Fsp3) is 0. The summed E-state index contributed by atoms with van der Waals surface area (Å²) in [5.41, 5.74) is 9.74. The molecule has 0 N–H and O–H groups in total. The van der Waals surface area contributed by atoms with Gasteiger partial charge in [-0.05, 0) is 114 Å². The molecule has 10 aromatic carbocycles. The van der Waals surface area contributed by atoms with E-state index >= 15 is 0 Å². The molecule has 0 bridgehead atoms. The molecule has 2 nitrogen and oxygen atoms in total. The van der Waals surface area contributed by atoms with E-state index in [1.54, 1.807) is 0 Å². The Morgan fingerprint density at radius 1 is 0.315 bits per heavy atom. The first-order chi connectivity index (χ1) is 26.8. The minimum atomic E-state index is 0.869. The van der Waals surface area contributed by atoms with Crippen molar-refractivity contribution >= 4 is 82.1 Å². The monoisotopic (exact) mass is 687 g/mol. The van der Waals surface area contributed by atoms with E-state index in [0.717, 1.165) is 44.6 Å². The third-order valence-electron chi connectivity index (χ3n) is 11.0. The van der Waals surface area contributed by atoms with E-state index in [4.69, 9.17) is 4.42 Å². The number of fused-ring (bicyclic) bond motifs is 8. The number of hydrogen-bond donors (Lipinski definition) is 0. The largest absolute Gasteiger partial charge is 0.455 e. The SMILES string of the molecule is c1ccc(-c2ccc(N(c3ccc4ccccc4c3)c3ccc4oc5c(-c6cc7ccccc7c7ccccc67)c6ccccc6cc5c4c3)cc2)cc1. The van der Waals surface area contributed by atoms with Crippen molar-refractivity contribution in [2.45, 2.75) is 0 Å². The maximum absolute atomic E-state index is 6.96. The van der Waals surface area contributed by atoms with E-state index in [-0.39, 0.29) is 0 Å². The molecule has 0 saturated carbocycles. The normalized spacial score (nSPS) is 11.7. The maximum atomic E-state index is 6.96. The molecule has 1 heterocycles. The van der Waals surface area contributed by atoms with Crippen molar-refractivity contribution in [3.63, 3.8) is 0 Å². The van der Waals surface area contributed by atoms with Gasteiger partial charge in [-0.3, -0.25) is 0 Å². The van der Waals surface area contributed by atoms with Crippen LogP contribution >= 0.6 is 0 Å². The van der Waals surface area contributed by atoms with Gasteiger partial charge in [-0.15, -0.1) is 0 Å². The maximum Gasteiger partial charge on any atom is 0.143 e. The molecule has 2 heteroatoms.